The van der Waals surface area contributed by atoms with E-state index in [0.717, 1.165) is 4.90 Å². The van der Waals surface area contributed by atoms with E-state index in [9.17, 15) is 23.7 Å². The van der Waals surface area contributed by atoms with E-state index in [1.54, 1.807) is 30.3 Å². The fourth-order valence-corrected chi connectivity index (χ4v) is 1.81. The quantitative estimate of drug-likeness (QED) is 0.645. The molecule has 21 heavy (non-hydrogen) atoms. The molecule has 2 rings (SSSR count). The molecule has 2 aromatic carbocycles. The Labute approximate surface area is 118 Å². The zero-order valence-electron chi connectivity index (χ0n) is 10.9. The van der Waals surface area contributed by atoms with Crippen molar-refractivity contribution in [2.75, 3.05) is 11.9 Å². The smallest absolute Gasteiger partial charge is 0.308 e. The van der Waals surface area contributed by atoms with Crippen molar-refractivity contribution in [3.63, 3.8) is 0 Å². The number of hydrogen-bond acceptors (Lipinski definition) is 3. The van der Waals surface area contributed by atoms with Crippen LogP contribution in [0.25, 0.3) is 0 Å². The summed E-state index contributed by atoms with van der Waals surface area (Å²) < 4.78 is 27.3. The lowest BCUT2D eigenvalue weighted by Gasteiger charge is -2.17. The van der Waals surface area contributed by atoms with Crippen LogP contribution in [0.5, 0.6) is 0 Å². The molecule has 108 valence electrons. The van der Waals surface area contributed by atoms with E-state index in [1.165, 1.54) is 7.05 Å². The molecule has 0 aliphatic carbocycles. The maximum absolute atomic E-state index is 14.0. The molecule has 1 amide bonds. The van der Waals surface area contributed by atoms with Gasteiger partial charge in [-0.25, -0.2) is 4.39 Å². The number of para-hydroxylation sites is 1. The van der Waals surface area contributed by atoms with Crippen molar-refractivity contribution in [2.45, 2.75) is 0 Å². The minimum Gasteiger partial charge on any atom is -0.311 e. The van der Waals surface area contributed by atoms with Crippen molar-refractivity contribution in [1.82, 2.24) is 0 Å². The van der Waals surface area contributed by atoms with Gasteiger partial charge in [-0.2, -0.15) is 4.39 Å². The molecule has 0 N–H and O–H groups in total. The van der Waals surface area contributed by atoms with Crippen molar-refractivity contribution < 1.29 is 18.5 Å². The number of rotatable bonds is 3. The molecule has 0 heterocycles. The predicted octanol–water partition coefficient (Wildman–Crippen LogP) is 3.15. The Morgan fingerprint density at radius 1 is 1.19 bits per heavy atom. The van der Waals surface area contributed by atoms with Crippen LogP contribution in [0.1, 0.15) is 10.4 Å². The van der Waals surface area contributed by atoms with Gasteiger partial charge in [-0.3, -0.25) is 14.9 Å². The molecule has 0 unspecified atom stereocenters. The Morgan fingerprint density at radius 3 is 2.38 bits per heavy atom. The van der Waals surface area contributed by atoms with Gasteiger partial charge in [-0.05, 0) is 18.2 Å². The topological polar surface area (TPSA) is 63.5 Å². The summed E-state index contributed by atoms with van der Waals surface area (Å²) in [5, 5.41) is 10.7. The third-order valence-electron chi connectivity index (χ3n) is 2.89. The third-order valence-corrected chi connectivity index (χ3v) is 2.89. The van der Waals surface area contributed by atoms with E-state index in [0.29, 0.717) is 17.8 Å². The molecule has 0 aromatic heterocycles. The molecule has 0 fully saturated rings. The summed E-state index contributed by atoms with van der Waals surface area (Å²) in [6.07, 6.45) is 0. The highest BCUT2D eigenvalue weighted by atomic mass is 19.1. The number of amides is 1. The second kappa shape index (κ2) is 5.66. The number of carbonyl (C=O) groups excluding carboxylic acids is 1. The van der Waals surface area contributed by atoms with Crippen LogP contribution in [0, 0.1) is 21.7 Å². The summed E-state index contributed by atoms with van der Waals surface area (Å²) >= 11 is 0. The van der Waals surface area contributed by atoms with Crippen LogP contribution >= 0.6 is 0 Å². The molecule has 0 saturated heterocycles. The Balaban J connectivity index is 2.47. The van der Waals surface area contributed by atoms with E-state index in [-0.39, 0.29) is 0 Å². The van der Waals surface area contributed by atoms with Crippen LogP contribution in [-0.2, 0) is 0 Å². The number of nitro benzene ring substituents is 1. The van der Waals surface area contributed by atoms with Crippen molar-refractivity contribution >= 4 is 17.3 Å². The SMILES string of the molecule is CN(C(=O)c1cc(F)cc([N+](=O)[O-])c1F)c1ccccc1. The minimum atomic E-state index is -1.35. The second-order valence-electron chi connectivity index (χ2n) is 4.24. The van der Waals surface area contributed by atoms with E-state index in [1.807, 2.05) is 0 Å². The number of benzene rings is 2. The van der Waals surface area contributed by atoms with Crippen LogP contribution in [-0.4, -0.2) is 17.9 Å². The van der Waals surface area contributed by atoms with Gasteiger partial charge in [0.05, 0.1) is 16.6 Å². The molecular formula is C14H10F2N2O3. The van der Waals surface area contributed by atoms with Gasteiger partial charge in [-0.15, -0.1) is 0 Å². The van der Waals surface area contributed by atoms with Gasteiger partial charge in [0.2, 0.25) is 5.82 Å². The molecule has 0 bridgehead atoms. The summed E-state index contributed by atoms with van der Waals surface area (Å²) in [5.74, 6) is -3.27. The highest BCUT2D eigenvalue weighted by molar-refractivity contribution is 6.06. The Hall–Kier alpha value is -2.83. The van der Waals surface area contributed by atoms with E-state index < -0.39 is 33.7 Å². The maximum atomic E-state index is 14.0. The first-order valence-electron chi connectivity index (χ1n) is 5.88. The minimum absolute atomic E-state index is 0.439. The van der Waals surface area contributed by atoms with Gasteiger partial charge in [-0.1, -0.05) is 18.2 Å². The van der Waals surface area contributed by atoms with Gasteiger partial charge in [0.15, 0.2) is 0 Å². The number of nitro groups is 1. The van der Waals surface area contributed by atoms with Gasteiger partial charge in [0, 0.05) is 12.7 Å². The Bertz CT molecular complexity index is 705. The highest BCUT2D eigenvalue weighted by Gasteiger charge is 2.26. The summed E-state index contributed by atoms with van der Waals surface area (Å²) in [5.41, 5.74) is -1.30. The van der Waals surface area contributed by atoms with E-state index in [4.69, 9.17) is 0 Å². The van der Waals surface area contributed by atoms with Crippen LogP contribution in [0.2, 0.25) is 0 Å². The summed E-state index contributed by atoms with van der Waals surface area (Å²) in [6, 6.07) is 9.36. The van der Waals surface area contributed by atoms with Crippen LogP contribution in [0.15, 0.2) is 42.5 Å². The number of halogens is 2. The standard InChI is InChI=1S/C14H10F2N2O3/c1-17(10-5-3-2-4-6-10)14(19)11-7-9(15)8-12(13(11)16)18(20)21/h2-8H,1H3. The van der Waals surface area contributed by atoms with Gasteiger partial charge in [0.25, 0.3) is 5.91 Å². The molecule has 5 nitrogen and oxygen atoms in total. The van der Waals surface area contributed by atoms with Crippen LogP contribution in [0.3, 0.4) is 0 Å². The monoisotopic (exact) mass is 292 g/mol. The Morgan fingerprint density at radius 2 is 1.81 bits per heavy atom. The third kappa shape index (κ3) is 2.86. The first-order valence-corrected chi connectivity index (χ1v) is 5.88. The molecule has 7 heteroatoms. The lowest BCUT2D eigenvalue weighted by molar-refractivity contribution is -0.387. The number of carbonyl (C=O) groups is 1. The highest BCUT2D eigenvalue weighted by Crippen LogP contribution is 2.24. The zero-order valence-corrected chi connectivity index (χ0v) is 10.9. The summed E-state index contributed by atoms with van der Waals surface area (Å²) in [7, 11) is 1.37. The first-order chi connectivity index (χ1) is 9.91. The molecular weight excluding hydrogens is 282 g/mol. The number of nitrogens with zero attached hydrogens (tertiary/aromatic N) is 2. The normalized spacial score (nSPS) is 10.2. The maximum Gasteiger partial charge on any atom is 0.308 e. The average molecular weight is 292 g/mol. The second-order valence-corrected chi connectivity index (χ2v) is 4.24. The van der Waals surface area contributed by atoms with E-state index >= 15 is 0 Å². The fraction of sp³-hybridized carbons (Fsp3) is 0.0714. The largest absolute Gasteiger partial charge is 0.311 e. The average Bonchev–Trinajstić information content (AvgIpc) is 2.48. The molecule has 0 aliphatic heterocycles. The van der Waals surface area contributed by atoms with Crippen molar-refractivity contribution in [3.8, 4) is 0 Å². The van der Waals surface area contributed by atoms with Gasteiger partial charge >= 0.3 is 5.69 Å². The van der Waals surface area contributed by atoms with Crippen molar-refractivity contribution in [1.29, 1.82) is 0 Å². The molecule has 2 aromatic rings. The fourth-order valence-electron chi connectivity index (χ4n) is 1.81. The molecule has 0 spiro atoms. The number of anilines is 1. The summed E-state index contributed by atoms with van der Waals surface area (Å²) in [4.78, 5) is 22.9. The lowest BCUT2D eigenvalue weighted by atomic mass is 10.1. The first kappa shape index (κ1) is 14.6. The Kier molecular flexibility index (Phi) is 3.93. The molecule has 0 radical (unpaired) electrons. The summed E-state index contributed by atoms with van der Waals surface area (Å²) in [6.45, 7) is 0. The van der Waals surface area contributed by atoms with Crippen molar-refractivity contribution in [2.24, 2.45) is 0 Å². The van der Waals surface area contributed by atoms with Gasteiger partial charge in [0.1, 0.15) is 5.82 Å². The zero-order chi connectivity index (χ0) is 15.6. The van der Waals surface area contributed by atoms with Crippen LogP contribution < -0.4 is 4.90 Å². The van der Waals surface area contributed by atoms with Gasteiger partial charge < -0.3 is 4.90 Å². The molecule has 0 aliphatic rings. The molecule has 0 saturated carbocycles. The predicted molar refractivity (Wildman–Crippen MR) is 72.2 cm³/mol. The molecule has 0 atom stereocenters. The van der Waals surface area contributed by atoms with Crippen LogP contribution in [0.4, 0.5) is 20.2 Å². The number of hydrogen-bond donors (Lipinski definition) is 0. The van der Waals surface area contributed by atoms with Crippen molar-refractivity contribution in [3.05, 3.63) is 69.8 Å². The van der Waals surface area contributed by atoms with E-state index in [2.05, 4.69) is 0 Å². The lowest BCUT2D eigenvalue weighted by Crippen LogP contribution is -2.27.